The fraction of sp³-hybridized carbons (Fsp3) is 0.500. The molecule has 5 heteroatoms. The maximum absolute atomic E-state index is 13.0. The Hall–Kier alpha value is -1.55. The molecule has 112 valence electrons. The average Bonchev–Trinajstić information content (AvgIpc) is 2.90. The zero-order chi connectivity index (χ0) is 15.2. The van der Waals surface area contributed by atoms with Gasteiger partial charge in [0.25, 0.3) is 5.91 Å². The highest BCUT2D eigenvalue weighted by molar-refractivity contribution is 6.34. The van der Waals surface area contributed by atoms with Crippen LogP contribution < -0.4 is 10.2 Å². The first-order valence-corrected chi connectivity index (χ1v) is 7.74. The first-order valence-electron chi connectivity index (χ1n) is 7.36. The van der Waals surface area contributed by atoms with E-state index >= 15 is 0 Å². The van der Waals surface area contributed by atoms with E-state index < -0.39 is 11.6 Å². The maximum atomic E-state index is 13.0. The molecule has 1 spiro atoms. The molecule has 1 atom stereocenters. The highest BCUT2D eigenvalue weighted by atomic mass is 35.5. The molecule has 1 aliphatic heterocycles. The molecule has 1 N–H and O–H groups in total. The standard InChI is InChI=1S/C16H19ClN2O2/c1-10-5-6-12(17)13(9-10)19-11(2)14(20)18-16(15(19)21)7-3-4-8-16/h5-6,9,11H,3-4,7-8H2,1-2H3,(H,18,20). The van der Waals surface area contributed by atoms with E-state index in [1.807, 2.05) is 19.1 Å². The van der Waals surface area contributed by atoms with Crippen molar-refractivity contribution in [1.82, 2.24) is 5.32 Å². The lowest BCUT2D eigenvalue weighted by Crippen LogP contribution is -2.69. The molecule has 1 aromatic carbocycles. The fourth-order valence-corrected chi connectivity index (χ4v) is 3.57. The van der Waals surface area contributed by atoms with Gasteiger partial charge in [-0.2, -0.15) is 0 Å². The molecular formula is C16H19ClN2O2. The molecule has 0 aromatic heterocycles. The summed E-state index contributed by atoms with van der Waals surface area (Å²) in [6.07, 6.45) is 3.36. The van der Waals surface area contributed by atoms with Crippen LogP contribution in [-0.2, 0) is 9.59 Å². The van der Waals surface area contributed by atoms with Gasteiger partial charge in [-0.1, -0.05) is 30.5 Å². The topological polar surface area (TPSA) is 49.4 Å². The second kappa shape index (κ2) is 5.02. The normalized spacial score (nSPS) is 24.5. The Bertz CT molecular complexity index is 608. The van der Waals surface area contributed by atoms with Crippen molar-refractivity contribution >= 4 is 29.1 Å². The Morgan fingerprint density at radius 1 is 1.29 bits per heavy atom. The van der Waals surface area contributed by atoms with Crippen LogP contribution in [0.25, 0.3) is 0 Å². The van der Waals surface area contributed by atoms with Crippen molar-refractivity contribution in [2.24, 2.45) is 0 Å². The Morgan fingerprint density at radius 3 is 2.62 bits per heavy atom. The van der Waals surface area contributed by atoms with Crippen LogP contribution in [0, 0.1) is 6.92 Å². The van der Waals surface area contributed by atoms with Crippen molar-refractivity contribution in [3.8, 4) is 0 Å². The molecule has 2 amide bonds. The SMILES string of the molecule is Cc1ccc(Cl)c(N2C(=O)C3(CCCC3)NC(=O)C2C)c1. The number of nitrogens with one attached hydrogen (secondary N) is 1. The highest BCUT2D eigenvalue weighted by Gasteiger charge is 2.51. The number of nitrogens with zero attached hydrogens (tertiary/aromatic N) is 1. The van der Waals surface area contributed by atoms with Gasteiger partial charge in [0, 0.05) is 0 Å². The first kappa shape index (κ1) is 14.4. The lowest BCUT2D eigenvalue weighted by molar-refractivity contribution is -0.137. The van der Waals surface area contributed by atoms with Crippen LogP contribution >= 0.6 is 11.6 Å². The smallest absolute Gasteiger partial charge is 0.253 e. The number of hydrogen-bond acceptors (Lipinski definition) is 2. The van der Waals surface area contributed by atoms with Gasteiger partial charge in [-0.3, -0.25) is 14.5 Å². The van der Waals surface area contributed by atoms with Crippen LogP contribution in [0.15, 0.2) is 18.2 Å². The van der Waals surface area contributed by atoms with Crippen molar-refractivity contribution < 1.29 is 9.59 Å². The summed E-state index contributed by atoms with van der Waals surface area (Å²) in [5.74, 6) is -0.131. The Kier molecular flexibility index (Phi) is 3.44. The number of rotatable bonds is 1. The highest BCUT2D eigenvalue weighted by Crippen LogP contribution is 2.38. The summed E-state index contributed by atoms with van der Waals surface area (Å²) in [4.78, 5) is 26.9. The van der Waals surface area contributed by atoms with Gasteiger partial charge in [0.2, 0.25) is 5.91 Å². The summed E-state index contributed by atoms with van der Waals surface area (Å²) < 4.78 is 0. The lowest BCUT2D eigenvalue weighted by Gasteiger charge is -2.43. The van der Waals surface area contributed by atoms with Crippen LogP contribution in [0.1, 0.15) is 38.2 Å². The molecule has 2 fully saturated rings. The second-order valence-electron chi connectivity index (χ2n) is 6.08. The quantitative estimate of drug-likeness (QED) is 0.867. The summed E-state index contributed by atoms with van der Waals surface area (Å²) in [6.45, 7) is 3.69. The van der Waals surface area contributed by atoms with E-state index in [2.05, 4.69) is 5.32 Å². The number of anilines is 1. The van der Waals surface area contributed by atoms with E-state index in [1.165, 1.54) is 0 Å². The third kappa shape index (κ3) is 2.22. The van der Waals surface area contributed by atoms with Crippen LogP contribution in [0.3, 0.4) is 0 Å². The third-order valence-electron chi connectivity index (χ3n) is 4.58. The van der Waals surface area contributed by atoms with E-state index in [0.717, 1.165) is 18.4 Å². The molecule has 1 saturated carbocycles. The molecule has 1 aliphatic carbocycles. The van der Waals surface area contributed by atoms with Crippen LogP contribution in [0.4, 0.5) is 5.69 Å². The van der Waals surface area contributed by atoms with E-state index in [-0.39, 0.29) is 11.8 Å². The Balaban J connectivity index is 2.08. The minimum Gasteiger partial charge on any atom is -0.340 e. The van der Waals surface area contributed by atoms with Gasteiger partial charge in [0.05, 0.1) is 10.7 Å². The molecule has 1 saturated heterocycles. The molecule has 0 bridgehead atoms. The molecule has 0 radical (unpaired) electrons. The van der Waals surface area contributed by atoms with E-state index in [4.69, 9.17) is 11.6 Å². The molecule has 21 heavy (non-hydrogen) atoms. The van der Waals surface area contributed by atoms with Crippen LogP contribution in [-0.4, -0.2) is 23.4 Å². The molecule has 1 aromatic rings. The predicted octanol–water partition coefficient (Wildman–Crippen LogP) is 2.81. The van der Waals surface area contributed by atoms with Crippen molar-refractivity contribution in [3.63, 3.8) is 0 Å². The van der Waals surface area contributed by atoms with Crippen molar-refractivity contribution in [1.29, 1.82) is 0 Å². The minimum absolute atomic E-state index is 0.0281. The summed E-state index contributed by atoms with van der Waals surface area (Å²) in [6, 6.07) is 5.01. The predicted molar refractivity (Wildman–Crippen MR) is 82.5 cm³/mol. The fourth-order valence-electron chi connectivity index (χ4n) is 3.36. The third-order valence-corrected chi connectivity index (χ3v) is 4.90. The summed E-state index contributed by atoms with van der Waals surface area (Å²) in [5.41, 5.74) is 0.924. The van der Waals surface area contributed by atoms with E-state index in [9.17, 15) is 9.59 Å². The number of amides is 2. The van der Waals surface area contributed by atoms with Crippen molar-refractivity contribution in [2.75, 3.05) is 4.90 Å². The van der Waals surface area contributed by atoms with E-state index in [1.54, 1.807) is 17.9 Å². The molecular weight excluding hydrogens is 288 g/mol. The van der Waals surface area contributed by atoms with Gasteiger partial charge < -0.3 is 5.32 Å². The van der Waals surface area contributed by atoms with Crippen LogP contribution in [0.2, 0.25) is 5.02 Å². The van der Waals surface area contributed by atoms with Gasteiger partial charge in [0.1, 0.15) is 11.6 Å². The summed E-state index contributed by atoms with van der Waals surface area (Å²) in [5, 5.41) is 3.46. The van der Waals surface area contributed by atoms with Gasteiger partial charge >= 0.3 is 0 Å². The minimum atomic E-state index is -0.726. The molecule has 1 unspecified atom stereocenters. The lowest BCUT2D eigenvalue weighted by atomic mass is 9.90. The first-order chi connectivity index (χ1) is 9.94. The van der Waals surface area contributed by atoms with Crippen LogP contribution in [0.5, 0.6) is 0 Å². The van der Waals surface area contributed by atoms with E-state index in [0.29, 0.717) is 23.6 Å². The van der Waals surface area contributed by atoms with Gasteiger partial charge in [-0.25, -0.2) is 0 Å². The monoisotopic (exact) mass is 306 g/mol. The number of carbonyl (C=O) groups excluding carboxylic acids is 2. The van der Waals surface area contributed by atoms with Gasteiger partial charge in [-0.15, -0.1) is 0 Å². The number of benzene rings is 1. The summed E-state index contributed by atoms with van der Waals surface area (Å²) >= 11 is 6.28. The van der Waals surface area contributed by atoms with Gasteiger partial charge in [0.15, 0.2) is 0 Å². The molecule has 4 nitrogen and oxygen atoms in total. The number of halogens is 1. The molecule has 3 rings (SSSR count). The largest absolute Gasteiger partial charge is 0.340 e. The number of carbonyl (C=O) groups is 2. The average molecular weight is 307 g/mol. The Morgan fingerprint density at radius 2 is 1.95 bits per heavy atom. The second-order valence-corrected chi connectivity index (χ2v) is 6.49. The number of piperazine rings is 1. The van der Waals surface area contributed by atoms with Crippen molar-refractivity contribution in [2.45, 2.75) is 51.1 Å². The summed E-state index contributed by atoms with van der Waals surface area (Å²) in [7, 11) is 0. The Labute approximate surface area is 129 Å². The van der Waals surface area contributed by atoms with Gasteiger partial charge in [-0.05, 0) is 44.4 Å². The molecule has 1 heterocycles. The zero-order valence-electron chi connectivity index (χ0n) is 12.3. The van der Waals surface area contributed by atoms with Crippen molar-refractivity contribution in [3.05, 3.63) is 28.8 Å². The maximum Gasteiger partial charge on any atom is 0.253 e. The number of aryl methyl sites for hydroxylation is 1. The number of hydrogen-bond donors (Lipinski definition) is 1. The zero-order valence-corrected chi connectivity index (χ0v) is 13.0. The molecule has 2 aliphatic rings.